The van der Waals surface area contributed by atoms with E-state index in [1.54, 1.807) is 6.07 Å². The first-order valence-electron chi connectivity index (χ1n) is 7.44. The highest BCUT2D eigenvalue weighted by molar-refractivity contribution is 6.30. The third-order valence-corrected chi connectivity index (χ3v) is 4.84. The van der Waals surface area contributed by atoms with Gasteiger partial charge in [0.15, 0.2) is 0 Å². The summed E-state index contributed by atoms with van der Waals surface area (Å²) in [6, 6.07) is 4.64. The van der Waals surface area contributed by atoms with E-state index >= 15 is 0 Å². The van der Waals surface area contributed by atoms with Gasteiger partial charge in [0.1, 0.15) is 11.6 Å². The highest BCUT2D eigenvalue weighted by Crippen LogP contribution is 2.34. The molecular formula is C17H22ClFO. The van der Waals surface area contributed by atoms with Crippen LogP contribution in [0.15, 0.2) is 18.2 Å². The van der Waals surface area contributed by atoms with Crippen molar-refractivity contribution in [2.75, 3.05) is 0 Å². The molecule has 0 bridgehead atoms. The van der Waals surface area contributed by atoms with Gasteiger partial charge >= 0.3 is 0 Å². The van der Waals surface area contributed by atoms with Crippen LogP contribution in [0.1, 0.15) is 45.1 Å². The van der Waals surface area contributed by atoms with E-state index in [-0.39, 0.29) is 16.7 Å². The smallest absolute Gasteiger partial charge is 0.142 e. The van der Waals surface area contributed by atoms with Crippen molar-refractivity contribution in [2.45, 2.75) is 46.0 Å². The average Bonchev–Trinajstić information content (AvgIpc) is 2.43. The first kappa shape index (κ1) is 15.5. The molecule has 1 nitrogen and oxygen atoms in total. The Hall–Kier alpha value is -0.890. The third kappa shape index (κ3) is 3.82. The lowest BCUT2D eigenvalue weighted by Crippen LogP contribution is -2.25. The van der Waals surface area contributed by atoms with Crippen LogP contribution in [0, 0.1) is 23.6 Å². The zero-order valence-corrected chi connectivity index (χ0v) is 12.9. The van der Waals surface area contributed by atoms with Crippen LogP contribution in [0.5, 0.6) is 0 Å². The molecule has 20 heavy (non-hydrogen) atoms. The molecule has 1 aromatic rings. The summed E-state index contributed by atoms with van der Waals surface area (Å²) in [6.45, 7) is 4.51. The minimum absolute atomic E-state index is 0.110. The minimum Gasteiger partial charge on any atom is -0.299 e. The molecule has 0 heterocycles. The largest absolute Gasteiger partial charge is 0.299 e. The summed E-state index contributed by atoms with van der Waals surface area (Å²) in [6.07, 6.45) is 4.58. The second-order valence-electron chi connectivity index (χ2n) is 6.25. The summed E-state index contributed by atoms with van der Waals surface area (Å²) >= 11 is 5.65. The predicted octanol–water partition coefficient (Wildman–Crippen LogP) is 5.05. The minimum atomic E-state index is -0.444. The Morgan fingerprint density at radius 3 is 2.50 bits per heavy atom. The van der Waals surface area contributed by atoms with Gasteiger partial charge in [0.05, 0.1) is 5.02 Å². The van der Waals surface area contributed by atoms with Crippen molar-refractivity contribution in [3.8, 4) is 0 Å². The van der Waals surface area contributed by atoms with Gasteiger partial charge in [-0.3, -0.25) is 4.79 Å². The second kappa shape index (κ2) is 6.71. The number of benzene rings is 1. The molecule has 1 saturated carbocycles. The van der Waals surface area contributed by atoms with Gasteiger partial charge in [0, 0.05) is 12.3 Å². The predicted molar refractivity (Wildman–Crippen MR) is 80.4 cm³/mol. The molecule has 3 heteroatoms. The zero-order chi connectivity index (χ0) is 14.7. The molecule has 110 valence electrons. The Morgan fingerprint density at radius 2 is 1.95 bits per heavy atom. The van der Waals surface area contributed by atoms with Gasteiger partial charge in [-0.2, -0.15) is 0 Å². The molecule has 0 aromatic heterocycles. The molecule has 0 atom stereocenters. The Balaban J connectivity index is 1.91. The molecular weight excluding hydrogens is 275 g/mol. The van der Waals surface area contributed by atoms with E-state index in [4.69, 9.17) is 11.6 Å². The molecule has 1 aromatic carbocycles. The summed E-state index contributed by atoms with van der Waals surface area (Å²) in [4.78, 5) is 12.3. The van der Waals surface area contributed by atoms with Gasteiger partial charge in [-0.25, -0.2) is 4.39 Å². The Morgan fingerprint density at radius 1 is 1.30 bits per heavy atom. The van der Waals surface area contributed by atoms with Crippen LogP contribution in [-0.4, -0.2) is 5.78 Å². The molecule has 1 aliphatic carbocycles. The van der Waals surface area contributed by atoms with Crippen molar-refractivity contribution in [1.82, 2.24) is 0 Å². The Kier molecular flexibility index (Phi) is 5.20. The zero-order valence-electron chi connectivity index (χ0n) is 12.2. The van der Waals surface area contributed by atoms with E-state index in [0.29, 0.717) is 12.3 Å². The standard InChI is InChI=1S/C17H22ClFO/c1-11(2)13-4-6-14(7-5-13)17(20)10-12-3-8-15(18)16(19)9-12/h3,8-9,11,13-14H,4-7,10H2,1-2H3. The lowest BCUT2D eigenvalue weighted by Gasteiger charge is -2.30. The molecule has 0 unspecified atom stereocenters. The Labute approximate surface area is 125 Å². The number of ketones is 1. The number of halogens is 2. The first-order valence-corrected chi connectivity index (χ1v) is 7.81. The van der Waals surface area contributed by atoms with Crippen LogP contribution in [0.25, 0.3) is 0 Å². The van der Waals surface area contributed by atoms with Crippen molar-refractivity contribution < 1.29 is 9.18 Å². The SMILES string of the molecule is CC(C)C1CCC(C(=O)Cc2ccc(Cl)c(F)c2)CC1. The van der Waals surface area contributed by atoms with Gasteiger partial charge in [-0.05, 0) is 55.2 Å². The summed E-state index contributed by atoms with van der Waals surface area (Å²) in [7, 11) is 0. The van der Waals surface area contributed by atoms with Crippen LogP contribution in [0.2, 0.25) is 5.02 Å². The number of carbonyl (C=O) groups excluding carboxylic acids is 1. The van der Waals surface area contributed by atoms with Gasteiger partial charge in [0.25, 0.3) is 0 Å². The lowest BCUT2D eigenvalue weighted by molar-refractivity contribution is -0.123. The highest BCUT2D eigenvalue weighted by atomic mass is 35.5. The number of Topliss-reactive ketones (excluding diaryl/α,β-unsaturated/α-hetero) is 1. The van der Waals surface area contributed by atoms with Crippen molar-refractivity contribution >= 4 is 17.4 Å². The van der Waals surface area contributed by atoms with Gasteiger partial charge < -0.3 is 0 Å². The fourth-order valence-electron chi connectivity index (χ4n) is 3.10. The molecule has 0 N–H and O–H groups in total. The maximum absolute atomic E-state index is 13.4. The van der Waals surface area contributed by atoms with E-state index in [0.717, 1.165) is 37.2 Å². The monoisotopic (exact) mass is 296 g/mol. The molecule has 0 aliphatic heterocycles. The molecule has 0 radical (unpaired) electrons. The van der Waals surface area contributed by atoms with E-state index in [9.17, 15) is 9.18 Å². The molecule has 0 amide bonds. The second-order valence-corrected chi connectivity index (χ2v) is 6.65. The van der Waals surface area contributed by atoms with Crippen LogP contribution in [0.3, 0.4) is 0 Å². The van der Waals surface area contributed by atoms with E-state index in [2.05, 4.69) is 13.8 Å². The molecule has 1 aliphatic rings. The van der Waals surface area contributed by atoms with Gasteiger partial charge in [0.2, 0.25) is 0 Å². The van der Waals surface area contributed by atoms with Crippen molar-refractivity contribution in [3.63, 3.8) is 0 Å². The maximum Gasteiger partial charge on any atom is 0.142 e. The van der Waals surface area contributed by atoms with Crippen molar-refractivity contribution in [1.29, 1.82) is 0 Å². The number of hydrogen-bond acceptors (Lipinski definition) is 1. The normalized spacial score (nSPS) is 23.1. The van der Waals surface area contributed by atoms with E-state index < -0.39 is 5.82 Å². The van der Waals surface area contributed by atoms with Crippen LogP contribution >= 0.6 is 11.6 Å². The summed E-state index contributed by atoms with van der Waals surface area (Å²) in [5.41, 5.74) is 0.725. The van der Waals surface area contributed by atoms with Gasteiger partial charge in [-0.15, -0.1) is 0 Å². The number of carbonyl (C=O) groups is 1. The highest BCUT2D eigenvalue weighted by Gasteiger charge is 2.27. The number of hydrogen-bond donors (Lipinski definition) is 0. The quantitative estimate of drug-likeness (QED) is 0.759. The van der Waals surface area contributed by atoms with Crippen LogP contribution < -0.4 is 0 Å². The Bertz CT molecular complexity index is 476. The molecule has 0 saturated heterocycles. The third-order valence-electron chi connectivity index (χ3n) is 4.53. The fourth-order valence-corrected chi connectivity index (χ4v) is 3.22. The topological polar surface area (TPSA) is 17.1 Å². The summed E-state index contributed by atoms with van der Waals surface area (Å²) < 4.78 is 13.4. The van der Waals surface area contributed by atoms with Gasteiger partial charge in [-0.1, -0.05) is 31.5 Å². The summed E-state index contributed by atoms with van der Waals surface area (Å²) in [5.74, 6) is 1.42. The lowest BCUT2D eigenvalue weighted by atomic mass is 9.75. The van der Waals surface area contributed by atoms with Crippen LogP contribution in [-0.2, 0) is 11.2 Å². The number of rotatable bonds is 4. The first-order chi connectivity index (χ1) is 9.47. The van der Waals surface area contributed by atoms with E-state index in [1.807, 2.05) is 0 Å². The van der Waals surface area contributed by atoms with Crippen LogP contribution in [0.4, 0.5) is 4.39 Å². The van der Waals surface area contributed by atoms with Crippen molar-refractivity contribution in [3.05, 3.63) is 34.6 Å². The molecule has 2 rings (SSSR count). The maximum atomic E-state index is 13.4. The average molecular weight is 297 g/mol. The molecule has 1 fully saturated rings. The summed E-state index contributed by atoms with van der Waals surface area (Å²) in [5, 5.41) is 0.110. The van der Waals surface area contributed by atoms with E-state index in [1.165, 1.54) is 12.1 Å². The fraction of sp³-hybridized carbons (Fsp3) is 0.588. The van der Waals surface area contributed by atoms with Crippen molar-refractivity contribution in [2.24, 2.45) is 17.8 Å². The molecule has 0 spiro atoms.